The van der Waals surface area contributed by atoms with Gasteiger partial charge in [0.15, 0.2) is 5.12 Å². The molecule has 0 aliphatic rings. The molecule has 0 spiro atoms. The molecule has 4 nitrogen and oxygen atoms in total. The molecular weight excluding hydrogens is 247 g/mol. The van der Waals surface area contributed by atoms with Crippen molar-refractivity contribution < 1.29 is 24.5 Å². The van der Waals surface area contributed by atoms with E-state index in [-0.39, 0.29) is 22.2 Å². The number of rotatable bonds is 4. The van der Waals surface area contributed by atoms with E-state index < -0.39 is 18.0 Å². The maximum atomic E-state index is 13.4. The van der Waals surface area contributed by atoms with E-state index in [2.05, 4.69) is 0 Å². The van der Waals surface area contributed by atoms with Gasteiger partial charge in [-0.3, -0.25) is 4.79 Å². The highest BCUT2D eigenvalue weighted by Gasteiger charge is 2.22. The highest BCUT2D eigenvalue weighted by Crippen LogP contribution is 2.25. The fourth-order valence-electron chi connectivity index (χ4n) is 1.26. The minimum absolute atomic E-state index is 0.0170. The zero-order valence-corrected chi connectivity index (χ0v) is 9.95. The van der Waals surface area contributed by atoms with Crippen LogP contribution in [0.4, 0.5) is 4.39 Å². The lowest BCUT2D eigenvalue weighted by Gasteiger charge is -2.17. The molecule has 0 amide bonds. The van der Waals surface area contributed by atoms with Crippen LogP contribution in [0.15, 0.2) is 18.2 Å². The number of halogens is 1. The van der Waals surface area contributed by atoms with Crippen LogP contribution in [-0.2, 0) is 4.79 Å². The van der Waals surface area contributed by atoms with Gasteiger partial charge in [0.05, 0.1) is 6.10 Å². The van der Waals surface area contributed by atoms with Crippen molar-refractivity contribution in [2.45, 2.75) is 19.1 Å². The van der Waals surface area contributed by atoms with Crippen molar-refractivity contribution in [3.63, 3.8) is 0 Å². The third-order valence-corrected chi connectivity index (χ3v) is 3.04. The maximum Gasteiger partial charge on any atom is 0.185 e. The van der Waals surface area contributed by atoms with Gasteiger partial charge in [0.2, 0.25) is 0 Å². The lowest BCUT2D eigenvalue weighted by molar-refractivity contribution is -0.109. The minimum Gasteiger partial charge on any atom is -0.508 e. The van der Waals surface area contributed by atoms with Crippen LogP contribution in [0.5, 0.6) is 5.75 Å². The molecule has 0 saturated heterocycles. The summed E-state index contributed by atoms with van der Waals surface area (Å²) in [6.07, 6.45) is -2.68. The van der Waals surface area contributed by atoms with Crippen molar-refractivity contribution >= 4 is 16.9 Å². The van der Waals surface area contributed by atoms with E-state index in [9.17, 15) is 19.4 Å². The fourth-order valence-corrected chi connectivity index (χ4v) is 1.84. The molecule has 3 N–H and O–H groups in total. The van der Waals surface area contributed by atoms with Crippen LogP contribution in [0.2, 0.25) is 0 Å². The van der Waals surface area contributed by atoms with Crippen LogP contribution in [-0.4, -0.2) is 32.3 Å². The molecule has 0 bridgehead atoms. The number of hydrogen-bond donors (Lipinski definition) is 3. The molecule has 2 unspecified atom stereocenters. The first-order valence-corrected chi connectivity index (χ1v) is 5.88. The number of aromatic hydroxyl groups is 1. The van der Waals surface area contributed by atoms with E-state index in [1.807, 2.05) is 0 Å². The summed E-state index contributed by atoms with van der Waals surface area (Å²) in [4.78, 5) is 10.7. The summed E-state index contributed by atoms with van der Waals surface area (Å²) >= 11 is 0.851. The van der Waals surface area contributed by atoms with Gasteiger partial charge in [-0.2, -0.15) is 0 Å². The molecule has 0 aliphatic carbocycles. The Kier molecular flexibility index (Phi) is 4.92. The average molecular weight is 260 g/mol. The molecule has 0 radical (unpaired) electrons. The lowest BCUT2D eigenvalue weighted by Crippen LogP contribution is -2.22. The zero-order chi connectivity index (χ0) is 13.0. The minimum atomic E-state index is -1.43. The predicted octanol–water partition coefficient (Wildman–Crippen LogP) is 1.21. The van der Waals surface area contributed by atoms with Crippen molar-refractivity contribution in [2.75, 3.05) is 5.75 Å². The van der Waals surface area contributed by atoms with Crippen molar-refractivity contribution in [3.8, 4) is 5.75 Å². The van der Waals surface area contributed by atoms with Crippen molar-refractivity contribution in [1.82, 2.24) is 0 Å². The van der Waals surface area contributed by atoms with Crippen LogP contribution in [0.3, 0.4) is 0 Å². The molecule has 0 aliphatic heterocycles. The van der Waals surface area contributed by atoms with E-state index in [0.717, 1.165) is 17.8 Å². The number of thioether (sulfide) groups is 1. The summed E-state index contributed by atoms with van der Waals surface area (Å²) in [6, 6.07) is 3.26. The first-order valence-electron chi connectivity index (χ1n) is 4.89. The molecule has 6 heteroatoms. The lowest BCUT2D eigenvalue weighted by atomic mass is 10.0. The Morgan fingerprint density at radius 2 is 2.12 bits per heavy atom. The van der Waals surface area contributed by atoms with Crippen molar-refractivity contribution in [2.24, 2.45) is 0 Å². The van der Waals surface area contributed by atoms with Gasteiger partial charge in [-0.1, -0.05) is 11.8 Å². The fraction of sp³-hybridized carbons (Fsp3) is 0.364. The molecule has 0 heterocycles. The molecule has 1 rings (SSSR count). The van der Waals surface area contributed by atoms with Crippen molar-refractivity contribution in [1.29, 1.82) is 0 Å². The zero-order valence-electron chi connectivity index (χ0n) is 9.13. The van der Waals surface area contributed by atoms with Crippen LogP contribution in [0.1, 0.15) is 18.6 Å². The number of hydrogen-bond acceptors (Lipinski definition) is 5. The summed E-state index contributed by atoms with van der Waals surface area (Å²) in [6.45, 7) is 1.34. The average Bonchev–Trinajstić information content (AvgIpc) is 2.25. The smallest absolute Gasteiger partial charge is 0.185 e. The Hall–Kier alpha value is -1.11. The van der Waals surface area contributed by atoms with Gasteiger partial charge < -0.3 is 15.3 Å². The number of phenols is 1. The molecule has 17 heavy (non-hydrogen) atoms. The van der Waals surface area contributed by atoms with Gasteiger partial charge in [0, 0.05) is 24.3 Å². The number of carbonyl (C=O) groups excluding carboxylic acids is 1. The molecule has 1 aromatic rings. The van der Waals surface area contributed by atoms with E-state index >= 15 is 0 Å². The third kappa shape index (κ3) is 3.99. The van der Waals surface area contributed by atoms with Crippen LogP contribution in [0, 0.1) is 5.82 Å². The van der Waals surface area contributed by atoms with Gasteiger partial charge in [0.1, 0.15) is 17.7 Å². The van der Waals surface area contributed by atoms with Gasteiger partial charge >= 0.3 is 0 Å². The second kappa shape index (κ2) is 6.00. The summed E-state index contributed by atoms with van der Waals surface area (Å²) < 4.78 is 13.4. The van der Waals surface area contributed by atoms with Gasteiger partial charge in [-0.25, -0.2) is 4.39 Å². The number of aliphatic hydroxyl groups excluding tert-OH is 2. The molecule has 1 aromatic carbocycles. The highest BCUT2D eigenvalue weighted by atomic mass is 32.2. The van der Waals surface area contributed by atoms with E-state index in [1.54, 1.807) is 0 Å². The topological polar surface area (TPSA) is 77.8 Å². The Morgan fingerprint density at radius 3 is 2.65 bits per heavy atom. The summed E-state index contributed by atoms with van der Waals surface area (Å²) in [5.41, 5.74) is -0.112. The Bertz CT molecular complexity index is 410. The van der Waals surface area contributed by atoms with Crippen LogP contribution >= 0.6 is 11.8 Å². The van der Waals surface area contributed by atoms with Gasteiger partial charge in [0.25, 0.3) is 0 Å². The SMILES string of the molecule is CC(=O)SCC(O)C(O)c1ccc(O)cc1F. The van der Waals surface area contributed by atoms with Crippen LogP contribution < -0.4 is 0 Å². The van der Waals surface area contributed by atoms with Gasteiger partial charge in [-0.15, -0.1) is 0 Å². The molecule has 0 fully saturated rings. The van der Waals surface area contributed by atoms with Crippen LogP contribution in [0.25, 0.3) is 0 Å². The quantitative estimate of drug-likeness (QED) is 0.758. The summed E-state index contributed by atoms with van der Waals surface area (Å²) in [5, 5.41) is 28.0. The number of aliphatic hydroxyl groups is 2. The second-order valence-corrected chi connectivity index (χ2v) is 4.72. The largest absolute Gasteiger partial charge is 0.508 e. The highest BCUT2D eigenvalue weighted by molar-refractivity contribution is 8.13. The van der Waals surface area contributed by atoms with E-state index in [0.29, 0.717) is 0 Å². The second-order valence-electron chi connectivity index (χ2n) is 3.52. The Morgan fingerprint density at radius 1 is 1.47 bits per heavy atom. The Balaban J connectivity index is 2.74. The van der Waals surface area contributed by atoms with E-state index in [4.69, 9.17) is 5.11 Å². The molecule has 0 aromatic heterocycles. The number of phenolic OH excluding ortho intramolecular Hbond substituents is 1. The number of carbonyl (C=O) groups is 1. The molecule has 0 saturated carbocycles. The monoisotopic (exact) mass is 260 g/mol. The first-order chi connectivity index (χ1) is 7.91. The standard InChI is InChI=1S/C11H13FO4S/c1-6(13)17-5-10(15)11(16)8-3-2-7(14)4-9(8)12/h2-4,10-11,14-16H,5H2,1H3. The summed E-state index contributed by atoms with van der Waals surface area (Å²) in [5.74, 6) is -1.08. The molecular formula is C11H13FO4S. The predicted molar refractivity (Wildman–Crippen MR) is 62.2 cm³/mol. The Labute approximate surface area is 102 Å². The van der Waals surface area contributed by atoms with E-state index in [1.165, 1.54) is 19.1 Å². The maximum absolute atomic E-state index is 13.4. The normalized spacial score (nSPS) is 14.4. The summed E-state index contributed by atoms with van der Waals surface area (Å²) in [7, 11) is 0. The third-order valence-electron chi connectivity index (χ3n) is 2.12. The first kappa shape index (κ1) is 14.0. The van der Waals surface area contributed by atoms with Gasteiger partial charge in [-0.05, 0) is 12.1 Å². The number of benzene rings is 1. The molecule has 94 valence electrons. The van der Waals surface area contributed by atoms with Crippen molar-refractivity contribution in [3.05, 3.63) is 29.6 Å². The molecule has 2 atom stereocenters.